The van der Waals surface area contributed by atoms with E-state index in [1.165, 1.54) is 0 Å². The maximum Gasteiger partial charge on any atom is 0.323 e. The van der Waals surface area contributed by atoms with E-state index in [-0.39, 0.29) is 12.6 Å². The zero-order chi connectivity index (χ0) is 14.7. The molecule has 0 saturated heterocycles. The van der Waals surface area contributed by atoms with Gasteiger partial charge in [0, 0.05) is 11.4 Å². The van der Waals surface area contributed by atoms with Crippen LogP contribution in [-0.4, -0.2) is 28.6 Å². The third kappa shape index (κ3) is 2.69. The fourth-order valence-corrected chi connectivity index (χ4v) is 2.05. The molecule has 2 aromatic rings. The van der Waals surface area contributed by atoms with E-state index in [1.54, 1.807) is 11.0 Å². The Morgan fingerprint density at radius 1 is 1.45 bits per heavy atom. The number of rotatable bonds is 4. The number of carboxylic acids is 1. The van der Waals surface area contributed by atoms with E-state index < -0.39 is 5.97 Å². The largest absolute Gasteiger partial charge is 0.480 e. The Bertz CT molecular complexity index is 689. The first-order valence-electron chi connectivity index (χ1n) is 6.31. The fourth-order valence-electron chi connectivity index (χ4n) is 2.05. The smallest absolute Gasteiger partial charge is 0.323 e. The summed E-state index contributed by atoms with van der Waals surface area (Å²) in [5.41, 5.74) is 1.14. The molecule has 1 heterocycles. The maximum atomic E-state index is 11.0. The van der Waals surface area contributed by atoms with Gasteiger partial charge in [-0.05, 0) is 26.0 Å². The number of aromatic nitrogens is 1. The average molecular weight is 269 g/mol. The van der Waals surface area contributed by atoms with E-state index >= 15 is 0 Å². The van der Waals surface area contributed by atoms with Crippen LogP contribution in [-0.2, 0) is 4.79 Å². The molecule has 0 fully saturated rings. The molecule has 1 N–H and O–H groups in total. The van der Waals surface area contributed by atoms with Crippen LogP contribution in [0.4, 0.5) is 5.82 Å². The lowest BCUT2D eigenvalue weighted by molar-refractivity contribution is -0.135. The van der Waals surface area contributed by atoms with Crippen LogP contribution in [0.25, 0.3) is 10.9 Å². The first kappa shape index (κ1) is 13.8. The van der Waals surface area contributed by atoms with Crippen molar-refractivity contribution in [1.29, 1.82) is 5.26 Å². The van der Waals surface area contributed by atoms with Gasteiger partial charge in [-0.2, -0.15) is 5.26 Å². The zero-order valence-corrected chi connectivity index (χ0v) is 11.4. The minimum Gasteiger partial charge on any atom is -0.480 e. The molecule has 0 aliphatic heterocycles. The van der Waals surface area contributed by atoms with E-state index in [9.17, 15) is 10.1 Å². The Morgan fingerprint density at radius 3 is 2.75 bits per heavy atom. The predicted octanol–water partition coefficient (Wildman–Crippen LogP) is 2.41. The van der Waals surface area contributed by atoms with Gasteiger partial charge >= 0.3 is 5.97 Å². The Morgan fingerprint density at radius 2 is 2.15 bits per heavy atom. The highest BCUT2D eigenvalue weighted by Crippen LogP contribution is 2.24. The summed E-state index contributed by atoms with van der Waals surface area (Å²) in [6.45, 7) is 3.57. The van der Waals surface area contributed by atoms with Crippen LogP contribution >= 0.6 is 0 Å². The highest BCUT2D eigenvalue weighted by atomic mass is 16.4. The SMILES string of the molecule is CC(C)N(CC(=O)O)c1nc2ccccc2cc1C#N. The number of anilines is 1. The molecule has 5 nitrogen and oxygen atoms in total. The minimum absolute atomic E-state index is 0.0631. The van der Waals surface area contributed by atoms with Crippen molar-refractivity contribution in [2.45, 2.75) is 19.9 Å². The Kier molecular flexibility index (Phi) is 3.85. The predicted molar refractivity (Wildman–Crippen MR) is 76.6 cm³/mol. The van der Waals surface area contributed by atoms with Crippen LogP contribution in [0.2, 0.25) is 0 Å². The number of hydrogen-bond acceptors (Lipinski definition) is 4. The van der Waals surface area contributed by atoms with Crippen molar-refractivity contribution in [3.63, 3.8) is 0 Å². The summed E-state index contributed by atoms with van der Waals surface area (Å²) in [4.78, 5) is 17.1. The highest BCUT2D eigenvalue weighted by molar-refractivity contribution is 5.84. The minimum atomic E-state index is -0.947. The van der Waals surface area contributed by atoms with Crippen molar-refractivity contribution in [2.75, 3.05) is 11.4 Å². The van der Waals surface area contributed by atoms with Crippen LogP contribution in [0.5, 0.6) is 0 Å². The standard InChI is InChI=1S/C15H15N3O2/c1-10(2)18(9-14(19)20)15-12(8-16)7-11-5-3-4-6-13(11)17-15/h3-7,10H,9H2,1-2H3,(H,19,20). The number of pyridine rings is 1. The lowest BCUT2D eigenvalue weighted by atomic mass is 10.1. The molecular weight excluding hydrogens is 254 g/mol. The van der Waals surface area contributed by atoms with Crippen molar-refractivity contribution < 1.29 is 9.90 Å². The van der Waals surface area contributed by atoms with Gasteiger partial charge in [0.25, 0.3) is 0 Å². The van der Waals surface area contributed by atoms with Gasteiger partial charge in [-0.25, -0.2) is 4.98 Å². The Balaban J connectivity index is 2.61. The molecule has 0 atom stereocenters. The summed E-state index contributed by atoms with van der Waals surface area (Å²) >= 11 is 0. The van der Waals surface area contributed by atoms with Gasteiger partial charge in [-0.3, -0.25) is 4.79 Å². The normalized spacial score (nSPS) is 10.5. The molecule has 1 aromatic heterocycles. The van der Waals surface area contributed by atoms with Crippen molar-refractivity contribution in [3.05, 3.63) is 35.9 Å². The summed E-state index contributed by atoms with van der Waals surface area (Å²) in [6.07, 6.45) is 0. The molecule has 1 aromatic carbocycles. The van der Waals surface area contributed by atoms with Crippen LogP contribution in [0.3, 0.4) is 0 Å². The number of carboxylic acid groups (broad SMARTS) is 1. The van der Waals surface area contributed by atoms with E-state index in [0.29, 0.717) is 11.4 Å². The van der Waals surface area contributed by atoms with Crippen LogP contribution in [0, 0.1) is 11.3 Å². The third-order valence-electron chi connectivity index (χ3n) is 3.03. The van der Waals surface area contributed by atoms with Gasteiger partial charge in [0.15, 0.2) is 0 Å². The molecule has 0 bridgehead atoms. The molecule has 5 heteroatoms. The number of nitriles is 1. The number of carbonyl (C=O) groups is 1. The summed E-state index contributed by atoms with van der Waals surface area (Å²) in [5.74, 6) is -0.527. The van der Waals surface area contributed by atoms with Gasteiger partial charge in [-0.15, -0.1) is 0 Å². The van der Waals surface area contributed by atoms with E-state index in [4.69, 9.17) is 5.11 Å². The van der Waals surface area contributed by atoms with Gasteiger partial charge in [-0.1, -0.05) is 18.2 Å². The van der Waals surface area contributed by atoms with Crippen molar-refractivity contribution >= 4 is 22.7 Å². The lowest BCUT2D eigenvalue weighted by Gasteiger charge is -2.27. The van der Waals surface area contributed by atoms with Crippen molar-refractivity contribution in [3.8, 4) is 6.07 Å². The van der Waals surface area contributed by atoms with Crippen molar-refractivity contribution in [1.82, 2.24) is 4.98 Å². The van der Waals surface area contributed by atoms with Crippen LogP contribution in [0.15, 0.2) is 30.3 Å². The summed E-state index contributed by atoms with van der Waals surface area (Å²) in [6, 6.07) is 11.2. The summed E-state index contributed by atoms with van der Waals surface area (Å²) in [5, 5.41) is 19.2. The van der Waals surface area contributed by atoms with E-state index in [1.807, 2.05) is 38.1 Å². The lowest BCUT2D eigenvalue weighted by Crippen LogP contribution is -2.36. The first-order valence-corrected chi connectivity index (χ1v) is 6.31. The number of aliphatic carboxylic acids is 1. The molecular formula is C15H15N3O2. The number of hydrogen-bond donors (Lipinski definition) is 1. The van der Waals surface area contributed by atoms with Crippen molar-refractivity contribution in [2.24, 2.45) is 0 Å². The van der Waals surface area contributed by atoms with Crippen LogP contribution < -0.4 is 4.90 Å². The maximum absolute atomic E-state index is 11.0. The molecule has 0 aliphatic carbocycles. The molecule has 2 rings (SSSR count). The molecule has 0 unspecified atom stereocenters. The number of fused-ring (bicyclic) bond motifs is 1. The van der Waals surface area contributed by atoms with E-state index in [2.05, 4.69) is 11.1 Å². The first-order chi connectivity index (χ1) is 9.52. The molecule has 0 aliphatic rings. The molecule has 0 amide bonds. The molecule has 0 spiro atoms. The molecule has 102 valence electrons. The van der Waals surface area contributed by atoms with Gasteiger partial charge in [0.1, 0.15) is 18.4 Å². The second-order valence-corrected chi connectivity index (χ2v) is 4.78. The third-order valence-corrected chi connectivity index (χ3v) is 3.03. The average Bonchev–Trinajstić information content (AvgIpc) is 2.42. The molecule has 0 radical (unpaired) electrons. The summed E-state index contributed by atoms with van der Waals surface area (Å²) < 4.78 is 0. The zero-order valence-electron chi connectivity index (χ0n) is 11.4. The molecule has 0 saturated carbocycles. The number of para-hydroxylation sites is 1. The fraction of sp³-hybridized carbons (Fsp3) is 0.267. The Hall–Kier alpha value is -2.61. The highest BCUT2D eigenvalue weighted by Gasteiger charge is 2.19. The van der Waals surface area contributed by atoms with Gasteiger partial charge < -0.3 is 10.0 Å². The van der Waals surface area contributed by atoms with Gasteiger partial charge in [0.05, 0.1) is 11.1 Å². The topological polar surface area (TPSA) is 77.2 Å². The van der Waals surface area contributed by atoms with Crippen LogP contribution in [0.1, 0.15) is 19.4 Å². The number of benzene rings is 1. The monoisotopic (exact) mass is 269 g/mol. The summed E-state index contributed by atoms with van der Waals surface area (Å²) in [7, 11) is 0. The van der Waals surface area contributed by atoms with E-state index in [0.717, 1.165) is 10.9 Å². The second kappa shape index (κ2) is 5.57. The number of nitrogens with zero attached hydrogens (tertiary/aromatic N) is 3. The molecule has 20 heavy (non-hydrogen) atoms. The second-order valence-electron chi connectivity index (χ2n) is 4.78. The Labute approximate surface area is 117 Å². The van der Waals surface area contributed by atoms with Gasteiger partial charge in [0.2, 0.25) is 0 Å². The quantitative estimate of drug-likeness (QED) is 0.922.